The molecule has 1 N–H and O–H groups in total. The van der Waals surface area contributed by atoms with Crippen LogP contribution in [0.1, 0.15) is 10.4 Å². The van der Waals surface area contributed by atoms with Crippen LogP contribution in [0.5, 0.6) is 0 Å². The fraction of sp³-hybridized carbons (Fsp3) is 0. The minimum absolute atomic E-state index is 0.283. The summed E-state index contributed by atoms with van der Waals surface area (Å²) in [4.78, 5) is 26.3. The molecule has 5 nitrogen and oxygen atoms in total. The quantitative estimate of drug-likeness (QED) is 0.394. The van der Waals surface area contributed by atoms with Crippen LogP contribution in [0.15, 0.2) is 84.5 Å². The predicted molar refractivity (Wildman–Crippen MR) is 120 cm³/mol. The topological polar surface area (TPSA) is 67.8 Å². The molecule has 0 aliphatic heterocycles. The van der Waals surface area contributed by atoms with E-state index in [9.17, 15) is 9.18 Å². The molecule has 0 saturated carbocycles. The van der Waals surface area contributed by atoms with Gasteiger partial charge >= 0.3 is 0 Å². The number of aromatic nitrogens is 3. The molecule has 5 aromatic rings. The number of hydrogen-bond donors (Lipinski definition) is 1. The van der Waals surface area contributed by atoms with Crippen molar-refractivity contribution in [3.8, 4) is 22.5 Å². The first-order chi connectivity index (χ1) is 15.2. The number of hydrogen-bond acceptors (Lipinski definition) is 5. The predicted octanol–water partition coefficient (Wildman–Crippen LogP) is 5.81. The number of anilines is 1. The van der Waals surface area contributed by atoms with E-state index in [-0.39, 0.29) is 11.7 Å². The molecule has 0 aliphatic carbocycles. The lowest BCUT2D eigenvalue weighted by atomic mass is 10.0. The van der Waals surface area contributed by atoms with Crippen molar-refractivity contribution >= 4 is 33.3 Å². The number of amides is 1. The Balaban J connectivity index is 1.50. The van der Waals surface area contributed by atoms with Crippen molar-refractivity contribution in [2.24, 2.45) is 0 Å². The van der Waals surface area contributed by atoms with Crippen LogP contribution < -0.4 is 5.32 Å². The van der Waals surface area contributed by atoms with Crippen LogP contribution in [0.3, 0.4) is 0 Å². The smallest absolute Gasteiger partial charge is 0.258 e. The highest BCUT2D eigenvalue weighted by molar-refractivity contribution is 7.14. The summed E-state index contributed by atoms with van der Waals surface area (Å²) in [6, 6.07) is 19.2. The normalized spacial score (nSPS) is 10.9. The third kappa shape index (κ3) is 3.91. The summed E-state index contributed by atoms with van der Waals surface area (Å²) in [6.07, 6.45) is 3.38. The van der Waals surface area contributed by atoms with Gasteiger partial charge in [-0.25, -0.2) is 14.4 Å². The SMILES string of the molecule is O=C(Nc1nc(-c2cccc(F)c2)cs1)c1cc(-c2ccncc2)nc2ccccc12. The third-order valence-electron chi connectivity index (χ3n) is 4.78. The minimum atomic E-state index is -0.331. The van der Waals surface area contributed by atoms with Crippen molar-refractivity contribution in [2.45, 2.75) is 0 Å². The van der Waals surface area contributed by atoms with Gasteiger partial charge in [0.05, 0.1) is 22.5 Å². The van der Waals surface area contributed by atoms with Crippen LogP contribution in [-0.2, 0) is 0 Å². The molecular weight excluding hydrogens is 411 g/mol. The summed E-state index contributed by atoms with van der Waals surface area (Å²) in [6.45, 7) is 0. The maximum atomic E-state index is 13.5. The molecule has 0 bridgehead atoms. The second-order valence-corrected chi connectivity index (χ2v) is 7.67. The second kappa shape index (κ2) is 8.04. The Hall–Kier alpha value is -3.97. The zero-order valence-electron chi connectivity index (χ0n) is 16.1. The van der Waals surface area contributed by atoms with E-state index in [4.69, 9.17) is 4.98 Å². The monoisotopic (exact) mass is 426 g/mol. The molecule has 5 rings (SSSR count). The standard InChI is InChI=1S/C24H15FN4OS/c25-17-5-3-4-16(12-17)22-14-31-24(28-22)29-23(30)19-13-21(15-8-10-26-11-9-15)27-20-7-2-1-6-18(19)20/h1-14H,(H,28,29,30). The highest BCUT2D eigenvalue weighted by Gasteiger charge is 2.16. The van der Waals surface area contributed by atoms with Gasteiger partial charge in [0.15, 0.2) is 5.13 Å². The maximum Gasteiger partial charge on any atom is 0.258 e. The molecule has 0 spiro atoms. The van der Waals surface area contributed by atoms with Crippen molar-refractivity contribution in [1.29, 1.82) is 0 Å². The first-order valence-corrected chi connectivity index (χ1v) is 10.4. The van der Waals surface area contributed by atoms with E-state index in [1.807, 2.05) is 36.4 Å². The fourth-order valence-electron chi connectivity index (χ4n) is 3.31. The highest BCUT2D eigenvalue weighted by Crippen LogP contribution is 2.28. The van der Waals surface area contributed by atoms with Gasteiger partial charge in [0.25, 0.3) is 5.91 Å². The summed E-state index contributed by atoms with van der Waals surface area (Å²) in [5.41, 5.74) is 4.05. The fourth-order valence-corrected chi connectivity index (χ4v) is 4.02. The lowest BCUT2D eigenvalue weighted by molar-refractivity contribution is 0.102. The van der Waals surface area contributed by atoms with Crippen LogP contribution in [0.25, 0.3) is 33.4 Å². The third-order valence-corrected chi connectivity index (χ3v) is 5.54. The van der Waals surface area contributed by atoms with E-state index in [0.717, 1.165) is 16.5 Å². The molecule has 1 amide bonds. The van der Waals surface area contributed by atoms with Crippen LogP contribution in [0.2, 0.25) is 0 Å². The maximum absolute atomic E-state index is 13.5. The molecule has 7 heteroatoms. The average molecular weight is 426 g/mol. The number of carbonyl (C=O) groups excluding carboxylic acids is 1. The van der Waals surface area contributed by atoms with E-state index in [0.29, 0.717) is 27.6 Å². The Labute approximate surface area is 181 Å². The molecule has 31 heavy (non-hydrogen) atoms. The van der Waals surface area contributed by atoms with E-state index >= 15 is 0 Å². The number of carbonyl (C=O) groups is 1. The molecule has 0 radical (unpaired) electrons. The molecule has 0 atom stereocenters. The molecule has 0 saturated heterocycles. The number of halogens is 1. The molecular formula is C24H15FN4OS. The Morgan fingerprint density at radius 3 is 2.55 bits per heavy atom. The summed E-state index contributed by atoms with van der Waals surface area (Å²) in [5, 5.41) is 5.85. The van der Waals surface area contributed by atoms with Gasteiger partial charge in [-0.2, -0.15) is 0 Å². The van der Waals surface area contributed by atoms with Gasteiger partial charge in [-0.1, -0.05) is 30.3 Å². The van der Waals surface area contributed by atoms with Crippen molar-refractivity contribution in [2.75, 3.05) is 5.32 Å². The average Bonchev–Trinajstić information content (AvgIpc) is 3.27. The van der Waals surface area contributed by atoms with Gasteiger partial charge in [-0.15, -0.1) is 11.3 Å². The number of nitrogens with zero attached hydrogens (tertiary/aromatic N) is 3. The number of thiazole rings is 1. The van der Waals surface area contributed by atoms with Gasteiger partial charge in [0.2, 0.25) is 0 Å². The Morgan fingerprint density at radius 1 is 0.871 bits per heavy atom. The van der Waals surface area contributed by atoms with Crippen molar-refractivity contribution < 1.29 is 9.18 Å². The van der Waals surface area contributed by atoms with Crippen LogP contribution in [-0.4, -0.2) is 20.9 Å². The van der Waals surface area contributed by atoms with Crippen molar-refractivity contribution in [1.82, 2.24) is 15.0 Å². The van der Waals surface area contributed by atoms with Gasteiger partial charge in [0.1, 0.15) is 5.82 Å². The highest BCUT2D eigenvalue weighted by atomic mass is 32.1. The van der Waals surface area contributed by atoms with Gasteiger partial charge in [-0.05, 0) is 36.4 Å². The van der Waals surface area contributed by atoms with Crippen LogP contribution in [0.4, 0.5) is 9.52 Å². The van der Waals surface area contributed by atoms with Crippen LogP contribution >= 0.6 is 11.3 Å². The zero-order chi connectivity index (χ0) is 21.2. The molecule has 0 fully saturated rings. The van der Waals surface area contributed by atoms with E-state index in [2.05, 4.69) is 15.3 Å². The number of pyridine rings is 2. The summed E-state index contributed by atoms with van der Waals surface area (Å²) >= 11 is 1.29. The molecule has 3 heterocycles. The van der Waals surface area contributed by atoms with Crippen molar-refractivity contribution in [3.63, 3.8) is 0 Å². The minimum Gasteiger partial charge on any atom is -0.298 e. The zero-order valence-corrected chi connectivity index (χ0v) is 16.9. The van der Waals surface area contributed by atoms with Gasteiger partial charge in [0, 0.05) is 34.3 Å². The summed E-state index contributed by atoms with van der Waals surface area (Å²) in [7, 11) is 0. The van der Waals surface area contributed by atoms with E-state index < -0.39 is 0 Å². The number of benzene rings is 2. The first kappa shape index (κ1) is 19.0. The largest absolute Gasteiger partial charge is 0.298 e. The number of rotatable bonds is 4. The lowest BCUT2D eigenvalue weighted by Crippen LogP contribution is -2.13. The molecule has 0 unspecified atom stereocenters. The molecule has 150 valence electrons. The van der Waals surface area contributed by atoms with E-state index in [1.54, 1.807) is 36.0 Å². The Kier molecular flexibility index (Phi) is 4.93. The van der Waals surface area contributed by atoms with Crippen LogP contribution in [0, 0.1) is 5.82 Å². The second-order valence-electron chi connectivity index (χ2n) is 6.81. The summed E-state index contributed by atoms with van der Waals surface area (Å²) < 4.78 is 13.5. The van der Waals surface area contributed by atoms with E-state index in [1.165, 1.54) is 23.5 Å². The molecule has 3 aromatic heterocycles. The van der Waals surface area contributed by atoms with Gasteiger partial charge < -0.3 is 0 Å². The lowest BCUT2D eigenvalue weighted by Gasteiger charge is -2.09. The van der Waals surface area contributed by atoms with Crippen molar-refractivity contribution in [3.05, 3.63) is 95.9 Å². The number of fused-ring (bicyclic) bond motifs is 1. The summed E-state index contributed by atoms with van der Waals surface area (Å²) in [5.74, 6) is -0.614. The molecule has 0 aliphatic rings. The van der Waals surface area contributed by atoms with Gasteiger partial charge in [-0.3, -0.25) is 15.1 Å². The molecule has 2 aromatic carbocycles. The Morgan fingerprint density at radius 2 is 1.71 bits per heavy atom. The first-order valence-electron chi connectivity index (χ1n) is 9.50. The Bertz CT molecular complexity index is 1400. The number of para-hydroxylation sites is 1. The number of nitrogens with one attached hydrogen (secondary N) is 1.